The lowest BCUT2D eigenvalue weighted by Gasteiger charge is -2.03. The highest BCUT2D eigenvalue weighted by Gasteiger charge is 2.11. The summed E-state index contributed by atoms with van der Waals surface area (Å²) in [5.41, 5.74) is 0.198. The van der Waals surface area contributed by atoms with Crippen LogP contribution in [0, 0.1) is 6.92 Å². The maximum Gasteiger partial charge on any atom is 0.293 e. The average molecular weight is 258 g/mol. The largest absolute Gasteiger partial charge is 0.490 e. The number of hydrogen-bond acceptors (Lipinski definition) is 5. The highest BCUT2D eigenvalue weighted by molar-refractivity contribution is 7.18. The van der Waals surface area contributed by atoms with E-state index in [1.165, 1.54) is 24.6 Å². The molecule has 0 radical (unpaired) electrons. The molecule has 2 aromatic heterocycles. The molecule has 2 heterocycles. The smallest absolute Gasteiger partial charge is 0.293 e. The lowest BCUT2D eigenvalue weighted by Crippen LogP contribution is -2.13. The van der Waals surface area contributed by atoms with Crippen molar-refractivity contribution in [2.24, 2.45) is 0 Å². The van der Waals surface area contributed by atoms with E-state index >= 15 is 0 Å². The SMILES string of the molecule is COc1c(C)nc(-c2ncc(Cl)s2)[nH]c1=O. The van der Waals surface area contributed by atoms with Gasteiger partial charge in [-0.1, -0.05) is 22.9 Å². The van der Waals surface area contributed by atoms with Gasteiger partial charge in [-0.25, -0.2) is 9.97 Å². The van der Waals surface area contributed by atoms with Crippen molar-refractivity contribution in [1.29, 1.82) is 0 Å². The molecule has 0 atom stereocenters. The Morgan fingerprint density at radius 3 is 2.81 bits per heavy atom. The number of H-pyrrole nitrogens is 1. The fourth-order valence-electron chi connectivity index (χ4n) is 1.28. The highest BCUT2D eigenvalue weighted by atomic mass is 35.5. The predicted octanol–water partition coefficient (Wildman–Crippen LogP) is 1.86. The van der Waals surface area contributed by atoms with Gasteiger partial charge in [-0.2, -0.15) is 0 Å². The standard InChI is InChI=1S/C9H8ClN3O2S/c1-4-6(15-2)8(14)13-7(12-4)9-11-3-5(10)16-9/h3H,1-2H3,(H,12,13,14). The summed E-state index contributed by atoms with van der Waals surface area (Å²) in [6.45, 7) is 1.70. The Hall–Kier alpha value is -1.40. The van der Waals surface area contributed by atoms with E-state index in [1.54, 1.807) is 6.92 Å². The number of hydrogen-bond donors (Lipinski definition) is 1. The van der Waals surface area contributed by atoms with Crippen LogP contribution in [-0.4, -0.2) is 22.1 Å². The molecule has 0 amide bonds. The number of aromatic nitrogens is 3. The molecule has 0 saturated carbocycles. The zero-order chi connectivity index (χ0) is 11.7. The number of nitrogens with one attached hydrogen (secondary N) is 1. The monoisotopic (exact) mass is 257 g/mol. The summed E-state index contributed by atoms with van der Waals surface area (Å²) in [4.78, 5) is 22.4. The third-order valence-electron chi connectivity index (χ3n) is 1.93. The van der Waals surface area contributed by atoms with Crippen LogP contribution in [-0.2, 0) is 0 Å². The van der Waals surface area contributed by atoms with Crippen LogP contribution < -0.4 is 10.3 Å². The van der Waals surface area contributed by atoms with Gasteiger partial charge < -0.3 is 9.72 Å². The van der Waals surface area contributed by atoms with Crippen LogP contribution in [0.15, 0.2) is 11.0 Å². The number of nitrogens with zero attached hydrogens (tertiary/aromatic N) is 2. The normalized spacial score (nSPS) is 10.4. The Morgan fingerprint density at radius 1 is 1.56 bits per heavy atom. The second-order valence-electron chi connectivity index (χ2n) is 3.00. The van der Waals surface area contributed by atoms with Crippen molar-refractivity contribution in [3.8, 4) is 16.6 Å². The van der Waals surface area contributed by atoms with Crippen LogP contribution in [0.5, 0.6) is 5.75 Å². The average Bonchev–Trinajstić information content (AvgIpc) is 2.64. The molecule has 0 aliphatic rings. The molecule has 1 N–H and O–H groups in total. The number of aryl methyl sites for hydroxylation is 1. The van der Waals surface area contributed by atoms with E-state index in [9.17, 15) is 4.79 Å². The molecule has 16 heavy (non-hydrogen) atoms. The maximum absolute atomic E-state index is 11.6. The van der Waals surface area contributed by atoms with Crippen molar-refractivity contribution in [2.45, 2.75) is 6.92 Å². The van der Waals surface area contributed by atoms with Crippen molar-refractivity contribution < 1.29 is 4.74 Å². The summed E-state index contributed by atoms with van der Waals surface area (Å²) >= 11 is 7.01. The minimum absolute atomic E-state index is 0.214. The third-order valence-corrected chi connectivity index (χ3v) is 3.05. The Morgan fingerprint density at radius 2 is 2.31 bits per heavy atom. The van der Waals surface area contributed by atoms with E-state index in [1.807, 2.05) is 0 Å². The van der Waals surface area contributed by atoms with Crippen molar-refractivity contribution >= 4 is 22.9 Å². The minimum atomic E-state index is -0.323. The minimum Gasteiger partial charge on any atom is -0.490 e. The predicted molar refractivity (Wildman–Crippen MR) is 62.3 cm³/mol. The van der Waals surface area contributed by atoms with Gasteiger partial charge in [-0.3, -0.25) is 4.79 Å². The van der Waals surface area contributed by atoms with Gasteiger partial charge in [0.1, 0.15) is 4.34 Å². The van der Waals surface area contributed by atoms with Crippen LogP contribution in [0.4, 0.5) is 0 Å². The van der Waals surface area contributed by atoms with Crippen LogP contribution in [0.25, 0.3) is 10.8 Å². The van der Waals surface area contributed by atoms with Gasteiger partial charge in [0.15, 0.2) is 10.8 Å². The van der Waals surface area contributed by atoms with Gasteiger partial charge in [0.05, 0.1) is 19.0 Å². The number of halogens is 1. The van der Waals surface area contributed by atoms with Gasteiger partial charge in [0.2, 0.25) is 5.75 Å². The summed E-state index contributed by atoms with van der Waals surface area (Å²) in [6.07, 6.45) is 1.51. The first-order valence-electron chi connectivity index (χ1n) is 4.38. The van der Waals surface area contributed by atoms with Gasteiger partial charge in [0, 0.05) is 0 Å². The second kappa shape index (κ2) is 4.23. The summed E-state index contributed by atoms with van der Waals surface area (Å²) < 4.78 is 5.47. The molecule has 84 valence electrons. The first-order chi connectivity index (χ1) is 7.61. The topological polar surface area (TPSA) is 67.9 Å². The number of aromatic amines is 1. The van der Waals surface area contributed by atoms with Crippen LogP contribution in [0.2, 0.25) is 4.34 Å². The summed E-state index contributed by atoms with van der Waals surface area (Å²) in [6, 6.07) is 0. The van der Waals surface area contributed by atoms with E-state index in [0.717, 1.165) is 0 Å². The Balaban J connectivity index is 2.56. The molecule has 0 spiro atoms. The number of ether oxygens (including phenoxy) is 1. The second-order valence-corrected chi connectivity index (χ2v) is 4.66. The van der Waals surface area contributed by atoms with Crippen molar-refractivity contribution in [3.05, 3.63) is 26.6 Å². The summed E-state index contributed by atoms with van der Waals surface area (Å²) in [7, 11) is 1.43. The Labute approximate surface area is 100 Å². The zero-order valence-electron chi connectivity index (χ0n) is 8.57. The molecule has 7 heteroatoms. The molecule has 0 bridgehead atoms. The molecule has 0 unspecified atom stereocenters. The molecule has 5 nitrogen and oxygen atoms in total. The van der Waals surface area contributed by atoms with Gasteiger partial charge in [0.25, 0.3) is 5.56 Å². The van der Waals surface area contributed by atoms with Gasteiger partial charge in [-0.05, 0) is 6.92 Å². The molecule has 0 aliphatic heterocycles. The molecular weight excluding hydrogens is 250 g/mol. The first kappa shape index (κ1) is 11.1. The Kier molecular flexibility index (Phi) is 2.93. The molecular formula is C9H8ClN3O2S. The van der Waals surface area contributed by atoms with E-state index in [0.29, 0.717) is 20.9 Å². The number of rotatable bonds is 2. The highest BCUT2D eigenvalue weighted by Crippen LogP contribution is 2.25. The van der Waals surface area contributed by atoms with E-state index in [-0.39, 0.29) is 11.3 Å². The number of methoxy groups -OCH3 is 1. The zero-order valence-corrected chi connectivity index (χ0v) is 10.1. The maximum atomic E-state index is 11.6. The van der Waals surface area contributed by atoms with E-state index in [4.69, 9.17) is 16.3 Å². The lowest BCUT2D eigenvalue weighted by atomic mass is 10.4. The Bertz CT molecular complexity index is 578. The van der Waals surface area contributed by atoms with Gasteiger partial charge >= 0.3 is 0 Å². The van der Waals surface area contributed by atoms with E-state index in [2.05, 4.69) is 15.0 Å². The fourth-order valence-corrected chi connectivity index (χ4v) is 2.14. The molecule has 0 aliphatic carbocycles. The lowest BCUT2D eigenvalue weighted by molar-refractivity contribution is 0.402. The first-order valence-corrected chi connectivity index (χ1v) is 5.58. The fraction of sp³-hybridized carbons (Fsp3) is 0.222. The molecule has 0 fully saturated rings. The summed E-state index contributed by atoms with van der Waals surface area (Å²) in [5, 5.41) is 0.577. The quantitative estimate of drug-likeness (QED) is 0.892. The third kappa shape index (κ3) is 1.94. The van der Waals surface area contributed by atoms with Crippen LogP contribution >= 0.6 is 22.9 Å². The van der Waals surface area contributed by atoms with E-state index < -0.39 is 0 Å². The molecule has 2 rings (SSSR count). The summed E-state index contributed by atoms with van der Waals surface area (Å²) in [5.74, 6) is 0.617. The van der Waals surface area contributed by atoms with Gasteiger partial charge in [-0.15, -0.1) is 0 Å². The van der Waals surface area contributed by atoms with Crippen LogP contribution in [0.1, 0.15) is 5.69 Å². The van der Waals surface area contributed by atoms with Crippen molar-refractivity contribution in [2.75, 3.05) is 7.11 Å². The van der Waals surface area contributed by atoms with Crippen molar-refractivity contribution in [1.82, 2.24) is 15.0 Å². The molecule has 2 aromatic rings. The molecule has 0 aromatic carbocycles. The number of thiazole rings is 1. The van der Waals surface area contributed by atoms with Crippen molar-refractivity contribution in [3.63, 3.8) is 0 Å². The van der Waals surface area contributed by atoms with Crippen LogP contribution in [0.3, 0.4) is 0 Å². The molecule has 0 saturated heterocycles.